The lowest BCUT2D eigenvalue weighted by Crippen LogP contribution is -2.36. The van der Waals surface area contributed by atoms with Gasteiger partial charge < -0.3 is 15.6 Å². The van der Waals surface area contributed by atoms with E-state index in [1.807, 2.05) is 17.7 Å². The zero-order valence-corrected chi connectivity index (χ0v) is 12.5. The number of nitrogens with one attached hydrogen (secondary N) is 1. The third-order valence-corrected chi connectivity index (χ3v) is 4.43. The summed E-state index contributed by atoms with van der Waals surface area (Å²) in [5.74, 6) is 1.45. The van der Waals surface area contributed by atoms with Crippen molar-refractivity contribution >= 4 is 5.69 Å². The van der Waals surface area contributed by atoms with Gasteiger partial charge in [0.2, 0.25) is 0 Å². The number of rotatable bonds is 4. The van der Waals surface area contributed by atoms with Gasteiger partial charge in [-0.2, -0.15) is 0 Å². The molecule has 1 heterocycles. The van der Waals surface area contributed by atoms with Gasteiger partial charge in [0, 0.05) is 24.3 Å². The summed E-state index contributed by atoms with van der Waals surface area (Å²) in [5, 5.41) is 11.9. The number of nitrogens with two attached hydrogens (primary N) is 1. The number of aromatic nitrogens is 3. The molecule has 0 radical (unpaired) electrons. The highest BCUT2D eigenvalue weighted by Crippen LogP contribution is 2.31. The molecule has 0 spiro atoms. The molecular weight excluding hydrogens is 262 g/mol. The lowest BCUT2D eigenvalue weighted by atomic mass is 9.84. The monoisotopic (exact) mass is 285 g/mol. The Labute approximate surface area is 125 Å². The number of para-hydroxylation sites is 1. The molecule has 0 bridgehead atoms. The first kappa shape index (κ1) is 14.1. The van der Waals surface area contributed by atoms with Crippen molar-refractivity contribution in [2.24, 2.45) is 18.7 Å². The summed E-state index contributed by atoms with van der Waals surface area (Å²) in [6, 6.07) is 8.76. The molecule has 1 aromatic heterocycles. The van der Waals surface area contributed by atoms with E-state index in [-0.39, 0.29) is 0 Å². The Hall–Kier alpha value is -1.88. The van der Waals surface area contributed by atoms with Crippen LogP contribution in [0.4, 0.5) is 5.69 Å². The van der Waals surface area contributed by atoms with Gasteiger partial charge in [-0.1, -0.05) is 25.0 Å². The van der Waals surface area contributed by atoms with Crippen LogP contribution in [0.1, 0.15) is 25.7 Å². The van der Waals surface area contributed by atoms with E-state index in [9.17, 15) is 0 Å². The molecule has 1 saturated carbocycles. The number of aryl methyl sites for hydroxylation is 1. The fraction of sp³-hybridized carbons (Fsp3) is 0.500. The SMILES string of the molecule is Cn1cnnc1-c1ccccc1NC1CCCCC1CN. The minimum Gasteiger partial charge on any atom is -0.381 e. The maximum absolute atomic E-state index is 5.94. The molecule has 5 nitrogen and oxygen atoms in total. The standard InChI is InChI=1S/C16H23N5/c1-21-11-18-20-16(21)13-7-3-5-9-15(13)19-14-8-4-2-6-12(14)10-17/h3,5,7,9,11-12,14,19H,2,4,6,8,10,17H2,1H3. The van der Waals surface area contributed by atoms with E-state index in [1.165, 1.54) is 25.7 Å². The average molecular weight is 285 g/mol. The molecule has 1 fully saturated rings. The maximum atomic E-state index is 5.94. The van der Waals surface area contributed by atoms with Crippen molar-refractivity contribution in [1.82, 2.24) is 14.8 Å². The summed E-state index contributed by atoms with van der Waals surface area (Å²) in [6.07, 6.45) is 6.72. The lowest BCUT2D eigenvalue weighted by molar-refractivity contribution is 0.333. The summed E-state index contributed by atoms with van der Waals surface area (Å²) in [4.78, 5) is 0. The Morgan fingerprint density at radius 2 is 2.10 bits per heavy atom. The summed E-state index contributed by atoms with van der Waals surface area (Å²) >= 11 is 0. The molecule has 3 rings (SSSR count). The van der Waals surface area contributed by atoms with Gasteiger partial charge in [0.05, 0.1) is 0 Å². The van der Waals surface area contributed by atoms with Crippen LogP contribution >= 0.6 is 0 Å². The van der Waals surface area contributed by atoms with Crippen LogP contribution < -0.4 is 11.1 Å². The molecule has 1 aliphatic rings. The molecule has 0 saturated heterocycles. The van der Waals surface area contributed by atoms with Gasteiger partial charge >= 0.3 is 0 Å². The van der Waals surface area contributed by atoms with Gasteiger partial charge in [0.15, 0.2) is 5.82 Å². The van der Waals surface area contributed by atoms with E-state index in [2.05, 4.69) is 33.7 Å². The second-order valence-electron chi connectivity index (χ2n) is 5.84. The lowest BCUT2D eigenvalue weighted by Gasteiger charge is -2.32. The van der Waals surface area contributed by atoms with Gasteiger partial charge in [-0.25, -0.2) is 0 Å². The molecule has 5 heteroatoms. The summed E-state index contributed by atoms with van der Waals surface area (Å²) in [7, 11) is 1.97. The predicted octanol–water partition coefficient (Wildman–Crippen LogP) is 2.41. The molecular formula is C16H23N5. The smallest absolute Gasteiger partial charge is 0.165 e. The number of nitrogens with zero attached hydrogens (tertiary/aromatic N) is 3. The Kier molecular flexibility index (Phi) is 4.20. The number of benzene rings is 1. The molecule has 0 aliphatic heterocycles. The second kappa shape index (κ2) is 6.26. The van der Waals surface area contributed by atoms with Crippen molar-refractivity contribution in [2.45, 2.75) is 31.7 Å². The first-order valence-electron chi connectivity index (χ1n) is 7.69. The highest BCUT2D eigenvalue weighted by Gasteiger charge is 2.24. The van der Waals surface area contributed by atoms with E-state index in [4.69, 9.17) is 5.73 Å². The van der Waals surface area contributed by atoms with Crippen molar-refractivity contribution in [2.75, 3.05) is 11.9 Å². The van der Waals surface area contributed by atoms with E-state index in [1.54, 1.807) is 6.33 Å². The third kappa shape index (κ3) is 2.93. The fourth-order valence-corrected chi connectivity index (χ4v) is 3.21. The van der Waals surface area contributed by atoms with E-state index >= 15 is 0 Å². The minimum absolute atomic E-state index is 0.457. The van der Waals surface area contributed by atoms with Crippen LogP contribution in [0, 0.1) is 5.92 Å². The number of hydrogen-bond acceptors (Lipinski definition) is 4. The first-order chi connectivity index (χ1) is 10.3. The van der Waals surface area contributed by atoms with Crippen molar-refractivity contribution in [3.8, 4) is 11.4 Å². The Morgan fingerprint density at radius 1 is 1.29 bits per heavy atom. The zero-order valence-electron chi connectivity index (χ0n) is 12.5. The predicted molar refractivity (Wildman–Crippen MR) is 84.9 cm³/mol. The van der Waals surface area contributed by atoms with E-state index < -0.39 is 0 Å². The largest absolute Gasteiger partial charge is 0.381 e. The molecule has 2 atom stereocenters. The van der Waals surface area contributed by atoms with Crippen LogP contribution in [-0.2, 0) is 7.05 Å². The first-order valence-corrected chi connectivity index (χ1v) is 7.69. The van der Waals surface area contributed by atoms with Crippen molar-refractivity contribution < 1.29 is 0 Å². The quantitative estimate of drug-likeness (QED) is 0.905. The normalized spacial score (nSPS) is 22.2. The summed E-state index contributed by atoms with van der Waals surface area (Å²) in [6.45, 7) is 0.754. The van der Waals surface area contributed by atoms with E-state index in [0.717, 1.165) is 23.6 Å². The van der Waals surface area contributed by atoms with Crippen LogP contribution in [0.25, 0.3) is 11.4 Å². The molecule has 2 unspecified atom stereocenters. The summed E-state index contributed by atoms with van der Waals surface area (Å²) in [5.41, 5.74) is 8.16. The average Bonchev–Trinajstić information content (AvgIpc) is 2.94. The van der Waals surface area contributed by atoms with Crippen molar-refractivity contribution in [3.63, 3.8) is 0 Å². The fourth-order valence-electron chi connectivity index (χ4n) is 3.21. The zero-order chi connectivity index (χ0) is 14.7. The van der Waals surface area contributed by atoms with Crippen LogP contribution in [-0.4, -0.2) is 27.4 Å². The van der Waals surface area contributed by atoms with Crippen LogP contribution in [0.15, 0.2) is 30.6 Å². The van der Waals surface area contributed by atoms with E-state index in [0.29, 0.717) is 12.0 Å². The van der Waals surface area contributed by atoms with Crippen molar-refractivity contribution in [3.05, 3.63) is 30.6 Å². The highest BCUT2D eigenvalue weighted by atomic mass is 15.2. The minimum atomic E-state index is 0.457. The topological polar surface area (TPSA) is 68.8 Å². The van der Waals surface area contributed by atoms with Gasteiger partial charge in [-0.05, 0) is 37.4 Å². The molecule has 21 heavy (non-hydrogen) atoms. The van der Waals surface area contributed by atoms with Crippen LogP contribution in [0.5, 0.6) is 0 Å². The highest BCUT2D eigenvalue weighted by molar-refractivity contribution is 5.73. The Morgan fingerprint density at radius 3 is 2.86 bits per heavy atom. The molecule has 2 aromatic rings. The molecule has 3 N–H and O–H groups in total. The van der Waals surface area contributed by atoms with Gasteiger partial charge in [-0.15, -0.1) is 10.2 Å². The maximum Gasteiger partial charge on any atom is 0.165 e. The number of hydrogen-bond donors (Lipinski definition) is 2. The van der Waals surface area contributed by atoms with Gasteiger partial charge in [0.25, 0.3) is 0 Å². The molecule has 1 aliphatic carbocycles. The Bertz CT molecular complexity index is 592. The van der Waals surface area contributed by atoms with Gasteiger partial charge in [0.1, 0.15) is 6.33 Å². The molecule has 0 amide bonds. The molecule has 112 valence electrons. The Balaban J connectivity index is 1.87. The van der Waals surface area contributed by atoms with Crippen molar-refractivity contribution in [1.29, 1.82) is 0 Å². The summed E-state index contributed by atoms with van der Waals surface area (Å²) < 4.78 is 1.95. The molecule has 1 aromatic carbocycles. The van der Waals surface area contributed by atoms with Crippen LogP contribution in [0.3, 0.4) is 0 Å². The van der Waals surface area contributed by atoms with Gasteiger partial charge in [-0.3, -0.25) is 0 Å². The number of anilines is 1. The second-order valence-corrected chi connectivity index (χ2v) is 5.84. The van der Waals surface area contributed by atoms with Crippen LogP contribution in [0.2, 0.25) is 0 Å². The third-order valence-electron chi connectivity index (χ3n) is 4.43.